The molecule has 0 bridgehead atoms. The first kappa shape index (κ1) is 12.8. The van der Waals surface area contributed by atoms with Gasteiger partial charge in [0.25, 0.3) is 0 Å². The van der Waals surface area contributed by atoms with E-state index in [4.69, 9.17) is 23.8 Å². The van der Waals surface area contributed by atoms with E-state index in [9.17, 15) is 0 Å². The van der Waals surface area contributed by atoms with E-state index < -0.39 is 0 Å². The molecule has 0 radical (unpaired) electrons. The second-order valence-electron chi connectivity index (χ2n) is 4.36. The second-order valence-corrected chi connectivity index (χ2v) is 6.55. The van der Waals surface area contributed by atoms with Crippen LogP contribution in [0.3, 0.4) is 0 Å². The van der Waals surface area contributed by atoms with Crippen molar-refractivity contribution in [1.82, 2.24) is 14.5 Å². The van der Waals surface area contributed by atoms with E-state index >= 15 is 0 Å². The van der Waals surface area contributed by atoms with Gasteiger partial charge in [-0.25, -0.2) is 4.98 Å². The number of pyridine rings is 1. The molecule has 0 unspecified atom stereocenters. The summed E-state index contributed by atoms with van der Waals surface area (Å²) < 4.78 is 3.59. The normalized spacial score (nSPS) is 11.3. The molecule has 0 saturated heterocycles. The van der Waals surface area contributed by atoms with Crippen molar-refractivity contribution >= 4 is 46.3 Å². The van der Waals surface area contributed by atoms with Gasteiger partial charge >= 0.3 is 0 Å². The van der Waals surface area contributed by atoms with E-state index in [1.807, 2.05) is 29.7 Å². The Kier molecular flexibility index (Phi) is 3.43. The molecule has 0 aromatic carbocycles. The summed E-state index contributed by atoms with van der Waals surface area (Å²) in [5.74, 6) is 0. The number of aromatic amines is 1. The van der Waals surface area contributed by atoms with Gasteiger partial charge < -0.3 is 9.55 Å². The highest BCUT2D eigenvalue weighted by molar-refractivity contribution is 7.71. The van der Waals surface area contributed by atoms with Crippen LogP contribution in [0.15, 0.2) is 24.3 Å². The predicted octanol–water partition coefficient (Wildman–Crippen LogP) is 4.36. The summed E-state index contributed by atoms with van der Waals surface area (Å²) in [4.78, 5) is 9.00. The molecule has 0 aliphatic heterocycles. The number of thiophene rings is 1. The zero-order valence-electron chi connectivity index (χ0n) is 10.3. The Balaban J connectivity index is 1.94. The molecule has 19 heavy (non-hydrogen) atoms. The zero-order chi connectivity index (χ0) is 13.4. The van der Waals surface area contributed by atoms with Gasteiger partial charge in [-0.15, -0.1) is 11.3 Å². The van der Waals surface area contributed by atoms with Crippen molar-refractivity contribution in [2.45, 2.75) is 19.9 Å². The number of hydrogen-bond acceptors (Lipinski definition) is 3. The summed E-state index contributed by atoms with van der Waals surface area (Å²) in [5, 5.41) is 0. The number of aryl methyl sites for hydroxylation is 3. The Bertz CT molecular complexity index is 785. The molecule has 0 spiro atoms. The number of fused-ring (bicyclic) bond motifs is 1. The van der Waals surface area contributed by atoms with Gasteiger partial charge in [-0.3, -0.25) is 0 Å². The number of nitrogens with one attached hydrogen (secondary N) is 1. The number of imidazole rings is 1. The van der Waals surface area contributed by atoms with Gasteiger partial charge in [-0.1, -0.05) is 11.6 Å². The molecule has 0 aliphatic carbocycles. The summed E-state index contributed by atoms with van der Waals surface area (Å²) in [7, 11) is 0. The minimum Gasteiger partial charge on any atom is -0.329 e. The molecule has 1 N–H and O–H groups in total. The van der Waals surface area contributed by atoms with E-state index in [0.29, 0.717) is 0 Å². The maximum absolute atomic E-state index is 5.94. The first-order valence-electron chi connectivity index (χ1n) is 5.94. The fourth-order valence-electron chi connectivity index (χ4n) is 2.04. The molecule has 3 aromatic rings. The average Bonchev–Trinajstić information content (AvgIpc) is 2.90. The van der Waals surface area contributed by atoms with Gasteiger partial charge in [0.15, 0.2) is 10.4 Å². The van der Waals surface area contributed by atoms with Gasteiger partial charge in [-0.2, -0.15) is 0 Å². The third kappa shape index (κ3) is 2.59. The monoisotopic (exact) mass is 309 g/mol. The van der Waals surface area contributed by atoms with E-state index in [1.54, 1.807) is 11.3 Å². The molecule has 3 heterocycles. The van der Waals surface area contributed by atoms with Gasteiger partial charge in [0.1, 0.15) is 0 Å². The molecule has 0 fully saturated rings. The standard InChI is InChI=1S/C13H12ClN3S2/c1-8-2-4-10-12(15-8)17(13(18)16-10)7-6-9-3-5-11(14)19-9/h2-5H,6-7H2,1H3,(H,16,18). The summed E-state index contributed by atoms with van der Waals surface area (Å²) in [6.45, 7) is 2.80. The Labute approximate surface area is 124 Å². The van der Waals surface area contributed by atoms with E-state index in [-0.39, 0.29) is 0 Å². The van der Waals surface area contributed by atoms with Crippen molar-refractivity contribution in [1.29, 1.82) is 0 Å². The quantitative estimate of drug-likeness (QED) is 0.729. The van der Waals surface area contributed by atoms with Crippen LogP contribution >= 0.6 is 35.2 Å². The highest BCUT2D eigenvalue weighted by Crippen LogP contribution is 2.22. The molecular weight excluding hydrogens is 298 g/mol. The van der Waals surface area contributed by atoms with Crippen LogP contribution < -0.4 is 0 Å². The highest BCUT2D eigenvalue weighted by atomic mass is 35.5. The van der Waals surface area contributed by atoms with Crippen LogP contribution in [-0.2, 0) is 13.0 Å². The largest absolute Gasteiger partial charge is 0.329 e. The Morgan fingerprint density at radius 3 is 2.95 bits per heavy atom. The van der Waals surface area contributed by atoms with E-state index in [1.165, 1.54) is 4.88 Å². The maximum atomic E-state index is 5.94. The number of hydrogen-bond donors (Lipinski definition) is 1. The third-order valence-electron chi connectivity index (χ3n) is 2.97. The molecular formula is C13H12ClN3S2. The first-order valence-corrected chi connectivity index (χ1v) is 7.54. The van der Waals surface area contributed by atoms with Crippen LogP contribution in [0, 0.1) is 11.7 Å². The fraction of sp³-hybridized carbons (Fsp3) is 0.231. The van der Waals surface area contributed by atoms with Gasteiger partial charge in [0.2, 0.25) is 0 Å². The molecule has 6 heteroatoms. The first-order chi connectivity index (χ1) is 9.13. The lowest BCUT2D eigenvalue weighted by atomic mass is 10.3. The number of aromatic nitrogens is 3. The van der Waals surface area contributed by atoms with Gasteiger partial charge in [0.05, 0.1) is 9.85 Å². The second kappa shape index (κ2) is 5.07. The third-order valence-corrected chi connectivity index (χ3v) is 4.58. The number of H-pyrrole nitrogens is 1. The molecule has 0 aliphatic rings. The topological polar surface area (TPSA) is 33.6 Å². The molecule has 0 atom stereocenters. The Morgan fingerprint density at radius 2 is 2.21 bits per heavy atom. The average molecular weight is 310 g/mol. The predicted molar refractivity (Wildman–Crippen MR) is 82.7 cm³/mol. The lowest BCUT2D eigenvalue weighted by Gasteiger charge is -2.03. The van der Waals surface area contributed by atoms with Crippen LogP contribution in [0.2, 0.25) is 4.34 Å². The summed E-state index contributed by atoms with van der Waals surface area (Å²) >= 11 is 12.9. The van der Waals surface area contributed by atoms with E-state index in [2.05, 4.69) is 16.0 Å². The zero-order valence-corrected chi connectivity index (χ0v) is 12.7. The van der Waals surface area contributed by atoms with Crippen LogP contribution in [0.5, 0.6) is 0 Å². The van der Waals surface area contributed by atoms with Crippen molar-refractivity contribution in [3.8, 4) is 0 Å². The van der Waals surface area contributed by atoms with E-state index in [0.717, 1.165) is 38.9 Å². The summed E-state index contributed by atoms with van der Waals surface area (Å²) in [6, 6.07) is 7.99. The Morgan fingerprint density at radius 1 is 1.37 bits per heavy atom. The van der Waals surface area contributed by atoms with Gasteiger partial charge in [0, 0.05) is 17.1 Å². The number of halogens is 1. The van der Waals surface area contributed by atoms with Gasteiger partial charge in [-0.05, 0) is 49.8 Å². The molecule has 3 rings (SSSR count). The summed E-state index contributed by atoms with van der Waals surface area (Å²) in [5.41, 5.74) is 2.90. The fourth-order valence-corrected chi connectivity index (χ4v) is 3.40. The van der Waals surface area contributed by atoms with Crippen molar-refractivity contribution in [3.05, 3.63) is 43.9 Å². The minimum absolute atomic E-state index is 0.718. The maximum Gasteiger partial charge on any atom is 0.179 e. The van der Waals surface area contributed by atoms with Crippen molar-refractivity contribution in [2.24, 2.45) is 0 Å². The minimum atomic E-state index is 0.718. The van der Waals surface area contributed by atoms with Crippen LogP contribution in [-0.4, -0.2) is 14.5 Å². The van der Waals surface area contributed by atoms with Crippen molar-refractivity contribution < 1.29 is 0 Å². The molecule has 0 amide bonds. The summed E-state index contributed by atoms with van der Waals surface area (Å²) in [6.07, 6.45) is 0.911. The van der Waals surface area contributed by atoms with Crippen LogP contribution in [0.25, 0.3) is 11.2 Å². The molecule has 3 nitrogen and oxygen atoms in total. The van der Waals surface area contributed by atoms with Crippen molar-refractivity contribution in [2.75, 3.05) is 0 Å². The lowest BCUT2D eigenvalue weighted by molar-refractivity contribution is 0.705. The lowest BCUT2D eigenvalue weighted by Crippen LogP contribution is -2.01. The number of rotatable bonds is 3. The highest BCUT2D eigenvalue weighted by Gasteiger charge is 2.07. The van der Waals surface area contributed by atoms with Crippen LogP contribution in [0.4, 0.5) is 0 Å². The molecule has 0 saturated carbocycles. The SMILES string of the molecule is Cc1ccc2[nH]c(=S)n(CCc3ccc(Cl)s3)c2n1. The van der Waals surface area contributed by atoms with Crippen LogP contribution in [0.1, 0.15) is 10.6 Å². The smallest absolute Gasteiger partial charge is 0.179 e. The molecule has 98 valence electrons. The Hall–Kier alpha value is -1.17. The van der Waals surface area contributed by atoms with Crippen molar-refractivity contribution in [3.63, 3.8) is 0 Å². The molecule has 3 aromatic heterocycles. The number of nitrogens with zero attached hydrogens (tertiary/aromatic N) is 2.